The van der Waals surface area contributed by atoms with Crippen LogP contribution < -0.4 is 0 Å². The maximum atomic E-state index is 9.81. The second kappa shape index (κ2) is 3.64. The summed E-state index contributed by atoms with van der Waals surface area (Å²) >= 11 is 0. The van der Waals surface area contributed by atoms with Crippen LogP contribution in [0.3, 0.4) is 0 Å². The highest BCUT2D eigenvalue weighted by atomic mass is 16.3. The van der Waals surface area contributed by atoms with Crippen molar-refractivity contribution in [2.24, 2.45) is 5.92 Å². The molecule has 2 aliphatic carbocycles. The number of aliphatic hydroxyl groups is 1. The molecule has 0 spiro atoms. The van der Waals surface area contributed by atoms with Crippen LogP contribution in [-0.2, 0) is 6.42 Å². The van der Waals surface area contributed by atoms with E-state index in [1.165, 1.54) is 36.8 Å². The number of benzene rings is 1. The zero-order valence-electron chi connectivity index (χ0n) is 9.02. The monoisotopic (exact) mass is 202 g/mol. The average Bonchev–Trinajstić information content (AvgIpc) is 3.02. The van der Waals surface area contributed by atoms with Crippen LogP contribution in [0.1, 0.15) is 42.7 Å². The highest BCUT2D eigenvalue weighted by molar-refractivity contribution is 5.39. The molecule has 1 nitrogen and oxygen atoms in total. The van der Waals surface area contributed by atoms with E-state index >= 15 is 0 Å². The predicted molar refractivity (Wildman–Crippen MR) is 60.9 cm³/mol. The molecule has 1 N–H and O–H groups in total. The molecule has 2 atom stereocenters. The summed E-state index contributed by atoms with van der Waals surface area (Å²) in [5, 5.41) is 9.81. The lowest BCUT2D eigenvalue weighted by molar-refractivity contribution is 0.135. The van der Waals surface area contributed by atoms with Crippen LogP contribution in [0.25, 0.3) is 0 Å². The lowest BCUT2D eigenvalue weighted by Gasteiger charge is -2.30. The minimum atomic E-state index is -0.0160. The summed E-state index contributed by atoms with van der Waals surface area (Å²) in [6, 6.07) is 8.71. The molecular weight excluding hydrogens is 184 g/mol. The third kappa shape index (κ3) is 1.81. The first-order chi connectivity index (χ1) is 7.34. The summed E-state index contributed by atoms with van der Waals surface area (Å²) in [7, 11) is 0. The van der Waals surface area contributed by atoms with Crippen LogP contribution in [0.5, 0.6) is 0 Å². The first kappa shape index (κ1) is 9.41. The van der Waals surface area contributed by atoms with Crippen LogP contribution >= 0.6 is 0 Å². The van der Waals surface area contributed by atoms with Gasteiger partial charge in [-0.05, 0) is 55.1 Å². The Hall–Kier alpha value is -0.820. The van der Waals surface area contributed by atoms with E-state index in [0.29, 0.717) is 5.92 Å². The van der Waals surface area contributed by atoms with Gasteiger partial charge in [0.25, 0.3) is 0 Å². The molecule has 1 heteroatoms. The van der Waals surface area contributed by atoms with Gasteiger partial charge in [0.15, 0.2) is 0 Å². The summed E-state index contributed by atoms with van der Waals surface area (Å²) in [5.74, 6) is 1.37. The van der Waals surface area contributed by atoms with Gasteiger partial charge in [0.05, 0.1) is 6.10 Å². The van der Waals surface area contributed by atoms with E-state index in [9.17, 15) is 5.11 Å². The fraction of sp³-hybridized carbons (Fsp3) is 0.571. The van der Waals surface area contributed by atoms with Gasteiger partial charge in [-0.2, -0.15) is 0 Å². The molecule has 0 aromatic heterocycles. The van der Waals surface area contributed by atoms with E-state index in [1.807, 2.05) is 0 Å². The smallest absolute Gasteiger partial charge is 0.0568 e. The second-order valence-corrected chi connectivity index (χ2v) is 5.08. The van der Waals surface area contributed by atoms with E-state index in [1.54, 1.807) is 0 Å². The van der Waals surface area contributed by atoms with Gasteiger partial charge in [0.1, 0.15) is 0 Å². The molecule has 0 radical (unpaired) electrons. The molecule has 0 saturated heterocycles. The first-order valence-corrected chi connectivity index (χ1v) is 6.10. The number of hydrogen-bond donors (Lipinski definition) is 1. The van der Waals surface area contributed by atoms with Gasteiger partial charge < -0.3 is 5.11 Å². The van der Waals surface area contributed by atoms with Gasteiger partial charge in [-0.25, -0.2) is 0 Å². The van der Waals surface area contributed by atoms with E-state index in [0.717, 1.165) is 12.3 Å². The molecular formula is C14H18O. The molecule has 1 saturated carbocycles. The van der Waals surface area contributed by atoms with Crippen molar-refractivity contribution in [1.82, 2.24) is 0 Å². The summed E-state index contributed by atoms with van der Waals surface area (Å²) in [5.41, 5.74) is 3.05. The number of aliphatic hydroxyl groups excluding tert-OH is 1. The molecule has 0 bridgehead atoms. The van der Waals surface area contributed by atoms with Crippen molar-refractivity contribution >= 4 is 0 Å². The maximum Gasteiger partial charge on any atom is 0.0568 e. The second-order valence-electron chi connectivity index (χ2n) is 5.08. The number of hydrogen-bond acceptors (Lipinski definition) is 1. The molecule has 3 rings (SSSR count). The summed E-state index contributed by atoms with van der Waals surface area (Å²) in [6.07, 6.45) is 5.90. The zero-order valence-corrected chi connectivity index (χ0v) is 9.02. The Morgan fingerprint density at radius 1 is 1.27 bits per heavy atom. The fourth-order valence-electron chi connectivity index (χ4n) is 2.71. The van der Waals surface area contributed by atoms with Crippen molar-refractivity contribution in [2.45, 2.75) is 44.1 Å². The molecule has 1 fully saturated rings. The Balaban J connectivity index is 1.54. The predicted octanol–water partition coefficient (Wildman–Crippen LogP) is 2.88. The maximum absolute atomic E-state index is 9.81. The molecule has 0 amide bonds. The van der Waals surface area contributed by atoms with Crippen molar-refractivity contribution in [3.63, 3.8) is 0 Å². The summed E-state index contributed by atoms with van der Waals surface area (Å²) in [6.45, 7) is 0. The van der Waals surface area contributed by atoms with Crippen LogP contribution in [0.2, 0.25) is 0 Å². The van der Waals surface area contributed by atoms with Crippen molar-refractivity contribution < 1.29 is 5.11 Å². The van der Waals surface area contributed by atoms with E-state index in [-0.39, 0.29) is 6.10 Å². The number of fused-ring (bicyclic) bond motifs is 1. The van der Waals surface area contributed by atoms with Crippen molar-refractivity contribution in [2.75, 3.05) is 0 Å². The molecule has 0 aliphatic heterocycles. The van der Waals surface area contributed by atoms with Crippen LogP contribution in [0.4, 0.5) is 0 Å². The molecule has 15 heavy (non-hydrogen) atoms. The van der Waals surface area contributed by atoms with E-state index < -0.39 is 0 Å². The number of rotatable bonds is 4. The molecule has 2 unspecified atom stereocenters. The van der Waals surface area contributed by atoms with E-state index in [4.69, 9.17) is 0 Å². The van der Waals surface area contributed by atoms with E-state index in [2.05, 4.69) is 24.3 Å². The quantitative estimate of drug-likeness (QED) is 0.796. The Labute approximate surface area is 91.1 Å². The largest absolute Gasteiger partial charge is 0.393 e. The fourth-order valence-corrected chi connectivity index (χ4v) is 2.71. The molecule has 80 valence electrons. The topological polar surface area (TPSA) is 20.2 Å². The summed E-state index contributed by atoms with van der Waals surface area (Å²) < 4.78 is 0. The Morgan fingerprint density at radius 3 is 2.80 bits per heavy atom. The van der Waals surface area contributed by atoms with Crippen molar-refractivity contribution in [1.29, 1.82) is 0 Å². The Kier molecular flexibility index (Phi) is 2.28. The molecule has 0 heterocycles. The Morgan fingerprint density at radius 2 is 2.07 bits per heavy atom. The van der Waals surface area contributed by atoms with Gasteiger partial charge in [0.2, 0.25) is 0 Å². The van der Waals surface area contributed by atoms with Gasteiger partial charge >= 0.3 is 0 Å². The SMILES string of the molecule is OC(CCC1Cc2ccccc21)C1CC1. The first-order valence-electron chi connectivity index (χ1n) is 6.10. The standard InChI is InChI=1S/C14H18O/c15-14(10-5-6-10)8-7-12-9-11-3-1-2-4-13(11)12/h1-4,10,12,14-15H,5-9H2. The van der Waals surface area contributed by atoms with Gasteiger partial charge in [-0.15, -0.1) is 0 Å². The minimum Gasteiger partial charge on any atom is -0.393 e. The van der Waals surface area contributed by atoms with Crippen molar-refractivity contribution in [3.05, 3.63) is 35.4 Å². The molecule has 2 aliphatic rings. The summed E-state index contributed by atoms with van der Waals surface area (Å²) in [4.78, 5) is 0. The van der Waals surface area contributed by atoms with Gasteiger partial charge in [0, 0.05) is 0 Å². The highest BCUT2D eigenvalue weighted by Gasteiger charge is 2.31. The van der Waals surface area contributed by atoms with Crippen LogP contribution in [-0.4, -0.2) is 11.2 Å². The van der Waals surface area contributed by atoms with Crippen LogP contribution in [0, 0.1) is 5.92 Å². The zero-order chi connectivity index (χ0) is 10.3. The van der Waals surface area contributed by atoms with Crippen molar-refractivity contribution in [3.8, 4) is 0 Å². The van der Waals surface area contributed by atoms with Crippen LogP contribution in [0.15, 0.2) is 24.3 Å². The molecule has 1 aromatic carbocycles. The third-order valence-corrected chi connectivity index (χ3v) is 3.94. The Bertz CT molecular complexity index is 354. The normalized spacial score (nSPS) is 25.5. The minimum absolute atomic E-state index is 0.0160. The lowest BCUT2D eigenvalue weighted by atomic mass is 9.75. The van der Waals surface area contributed by atoms with Gasteiger partial charge in [-0.1, -0.05) is 24.3 Å². The lowest BCUT2D eigenvalue weighted by Crippen LogP contribution is -2.19. The third-order valence-electron chi connectivity index (χ3n) is 3.94. The molecule has 1 aromatic rings. The highest BCUT2D eigenvalue weighted by Crippen LogP contribution is 2.40. The average molecular weight is 202 g/mol. The van der Waals surface area contributed by atoms with Gasteiger partial charge in [-0.3, -0.25) is 0 Å².